The Bertz CT molecular complexity index is 1090. The second kappa shape index (κ2) is 8.70. The molecule has 0 aliphatic heterocycles. The van der Waals surface area contributed by atoms with Crippen LogP contribution < -0.4 is 10.1 Å². The first-order valence-electron chi connectivity index (χ1n) is 8.85. The molecule has 0 aliphatic rings. The molecular formula is C22H16BrN3O3. The van der Waals surface area contributed by atoms with Gasteiger partial charge in [0.25, 0.3) is 5.91 Å². The Kier molecular flexibility index (Phi) is 5.67. The number of hydrogen-bond donors (Lipinski definition) is 1. The Hall–Kier alpha value is -3.45. The fraction of sp³-hybridized carbons (Fsp3) is 0.0455. The minimum Gasteiger partial charge on any atom is -0.484 e. The molecule has 0 fully saturated rings. The van der Waals surface area contributed by atoms with Gasteiger partial charge in [0, 0.05) is 21.3 Å². The highest BCUT2D eigenvalue weighted by Gasteiger charge is 2.11. The maximum absolute atomic E-state index is 12.1. The number of ether oxygens (including phenoxy) is 1. The van der Waals surface area contributed by atoms with Crippen molar-refractivity contribution in [1.82, 2.24) is 10.2 Å². The normalized spacial score (nSPS) is 10.5. The summed E-state index contributed by atoms with van der Waals surface area (Å²) in [6.07, 6.45) is 0. The quantitative estimate of drug-likeness (QED) is 0.438. The number of amides is 1. The third kappa shape index (κ3) is 4.89. The molecule has 7 heteroatoms. The van der Waals surface area contributed by atoms with E-state index in [1.807, 2.05) is 54.6 Å². The first kappa shape index (κ1) is 18.9. The van der Waals surface area contributed by atoms with Gasteiger partial charge in [0.1, 0.15) is 5.75 Å². The predicted octanol–water partition coefficient (Wildman–Crippen LogP) is 5.18. The van der Waals surface area contributed by atoms with E-state index in [1.165, 1.54) is 0 Å². The standard InChI is InChI=1S/C22H16BrN3O3/c23-17-8-12-19(13-9-17)28-14-20(27)24-18-10-6-16(7-11-18)22-26-25-21(29-22)15-4-2-1-3-5-15/h1-13H,14H2,(H,24,27). The third-order valence-corrected chi connectivity index (χ3v) is 4.57. The number of carbonyl (C=O) groups is 1. The zero-order valence-corrected chi connectivity index (χ0v) is 16.8. The molecule has 6 nitrogen and oxygen atoms in total. The third-order valence-electron chi connectivity index (χ3n) is 4.04. The minimum absolute atomic E-state index is 0.0759. The molecule has 1 amide bonds. The lowest BCUT2D eigenvalue weighted by molar-refractivity contribution is -0.118. The Morgan fingerprint density at radius 1 is 0.862 bits per heavy atom. The fourth-order valence-electron chi connectivity index (χ4n) is 2.61. The van der Waals surface area contributed by atoms with Crippen LogP contribution >= 0.6 is 15.9 Å². The second-order valence-electron chi connectivity index (χ2n) is 6.15. The molecule has 1 aromatic heterocycles. The van der Waals surface area contributed by atoms with Crippen LogP contribution in [0.4, 0.5) is 5.69 Å². The first-order valence-corrected chi connectivity index (χ1v) is 9.64. The summed E-state index contributed by atoms with van der Waals surface area (Å²) < 4.78 is 12.2. The van der Waals surface area contributed by atoms with E-state index in [2.05, 4.69) is 31.4 Å². The van der Waals surface area contributed by atoms with Gasteiger partial charge in [-0.2, -0.15) is 0 Å². The van der Waals surface area contributed by atoms with Crippen molar-refractivity contribution in [2.24, 2.45) is 0 Å². The zero-order chi connectivity index (χ0) is 20.1. The van der Waals surface area contributed by atoms with Gasteiger partial charge in [0.2, 0.25) is 11.8 Å². The van der Waals surface area contributed by atoms with Crippen molar-refractivity contribution < 1.29 is 13.9 Å². The number of benzene rings is 3. The molecular weight excluding hydrogens is 434 g/mol. The van der Waals surface area contributed by atoms with Crippen LogP contribution in [0.3, 0.4) is 0 Å². The number of aromatic nitrogens is 2. The molecule has 3 aromatic carbocycles. The Morgan fingerprint density at radius 3 is 2.14 bits per heavy atom. The van der Waals surface area contributed by atoms with E-state index in [4.69, 9.17) is 9.15 Å². The predicted molar refractivity (Wildman–Crippen MR) is 113 cm³/mol. The van der Waals surface area contributed by atoms with E-state index in [0.29, 0.717) is 23.2 Å². The highest BCUT2D eigenvalue weighted by Crippen LogP contribution is 2.24. The first-order chi connectivity index (χ1) is 14.2. The lowest BCUT2D eigenvalue weighted by Gasteiger charge is -2.08. The van der Waals surface area contributed by atoms with Crippen LogP contribution in [-0.4, -0.2) is 22.7 Å². The summed E-state index contributed by atoms with van der Waals surface area (Å²) in [5, 5.41) is 11.0. The highest BCUT2D eigenvalue weighted by molar-refractivity contribution is 9.10. The van der Waals surface area contributed by atoms with Crippen LogP contribution in [0.25, 0.3) is 22.9 Å². The average Bonchev–Trinajstić information content (AvgIpc) is 3.25. The van der Waals surface area contributed by atoms with Crippen LogP contribution in [0.2, 0.25) is 0 Å². The largest absolute Gasteiger partial charge is 0.484 e. The summed E-state index contributed by atoms with van der Waals surface area (Å²) in [4.78, 5) is 12.1. The van der Waals surface area contributed by atoms with Crippen LogP contribution in [0.1, 0.15) is 0 Å². The monoisotopic (exact) mass is 449 g/mol. The highest BCUT2D eigenvalue weighted by atomic mass is 79.9. The number of anilines is 1. The van der Waals surface area contributed by atoms with Gasteiger partial charge in [-0.25, -0.2) is 0 Å². The summed E-state index contributed by atoms with van der Waals surface area (Å²) in [5.41, 5.74) is 2.28. The molecule has 0 spiro atoms. The Balaban J connectivity index is 1.36. The van der Waals surface area contributed by atoms with E-state index in [1.54, 1.807) is 24.3 Å². The maximum Gasteiger partial charge on any atom is 0.262 e. The van der Waals surface area contributed by atoms with Crippen molar-refractivity contribution in [3.63, 3.8) is 0 Å². The molecule has 1 N–H and O–H groups in total. The van der Waals surface area contributed by atoms with Crippen LogP contribution in [0, 0.1) is 0 Å². The van der Waals surface area contributed by atoms with Crippen molar-refractivity contribution in [3.8, 4) is 28.7 Å². The van der Waals surface area contributed by atoms with Crippen molar-refractivity contribution in [3.05, 3.63) is 83.3 Å². The van der Waals surface area contributed by atoms with Gasteiger partial charge in [-0.1, -0.05) is 34.1 Å². The van der Waals surface area contributed by atoms with E-state index < -0.39 is 0 Å². The molecule has 0 radical (unpaired) electrons. The zero-order valence-electron chi connectivity index (χ0n) is 15.2. The summed E-state index contributed by atoms with van der Waals surface area (Å²) in [5.74, 6) is 1.26. The smallest absolute Gasteiger partial charge is 0.262 e. The molecule has 0 bridgehead atoms. The minimum atomic E-state index is -0.246. The van der Waals surface area contributed by atoms with Gasteiger partial charge < -0.3 is 14.5 Å². The molecule has 4 aromatic rings. The molecule has 0 saturated carbocycles. The summed E-state index contributed by atoms with van der Waals surface area (Å²) >= 11 is 3.36. The van der Waals surface area contributed by atoms with Crippen LogP contribution in [-0.2, 0) is 4.79 Å². The molecule has 144 valence electrons. The molecule has 0 atom stereocenters. The van der Waals surface area contributed by atoms with Gasteiger partial charge in [0.15, 0.2) is 6.61 Å². The van der Waals surface area contributed by atoms with E-state index in [-0.39, 0.29) is 12.5 Å². The van der Waals surface area contributed by atoms with Gasteiger partial charge >= 0.3 is 0 Å². The van der Waals surface area contributed by atoms with Gasteiger partial charge in [-0.15, -0.1) is 10.2 Å². The van der Waals surface area contributed by atoms with Crippen molar-refractivity contribution >= 4 is 27.5 Å². The van der Waals surface area contributed by atoms with E-state index in [9.17, 15) is 4.79 Å². The summed E-state index contributed by atoms with van der Waals surface area (Å²) in [7, 11) is 0. The van der Waals surface area contributed by atoms with Crippen LogP contribution in [0.15, 0.2) is 87.8 Å². The van der Waals surface area contributed by atoms with E-state index in [0.717, 1.165) is 15.6 Å². The SMILES string of the molecule is O=C(COc1ccc(Br)cc1)Nc1ccc(-c2nnc(-c3ccccc3)o2)cc1. The number of carbonyl (C=O) groups excluding carboxylic acids is 1. The summed E-state index contributed by atoms with van der Waals surface area (Å²) in [6.45, 7) is -0.0759. The molecule has 1 heterocycles. The molecule has 0 aliphatic carbocycles. The van der Waals surface area contributed by atoms with Crippen molar-refractivity contribution in [1.29, 1.82) is 0 Å². The Morgan fingerprint density at radius 2 is 1.48 bits per heavy atom. The topological polar surface area (TPSA) is 77.2 Å². The number of hydrogen-bond acceptors (Lipinski definition) is 5. The number of nitrogens with zero attached hydrogens (tertiary/aromatic N) is 2. The second-order valence-corrected chi connectivity index (χ2v) is 7.06. The van der Waals surface area contributed by atoms with Gasteiger partial charge in [0.05, 0.1) is 0 Å². The molecule has 0 unspecified atom stereocenters. The lowest BCUT2D eigenvalue weighted by atomic mass is 10.2. The molecule has 29 heavy (non-hydrogen) atoms. The fourth-order valence-corrected chi connectivity index (χ4v) is 2.87. The van der Waals surface area contributed by atoms with Gasteiger partial charge in [-0.3, -0.25) is 4.79 Å². The van der Waals surface area contributed by atoms with Gasteiger partial charge in [-0.05, 0) is 60.7 Å². The molecule has 0 saturated heterocycles. The number of nitrogens with one attached hydrogen (secondary N) is 1. The number of halogens is 1. The molecule has 4 rings (SSSR count). The number of rotatable bonds is 6. The maximum atomic E-state index is 12.1. The summed E-state index contributed by atoms with van der Waals surface area (Å²) in [6, 6.07) is 24.0. The van der Waals surface area contributed by atoms with Crippen molar-refractivity contribution in [2.75, 3.05) is 11.9 Å². The van der Waals surface area contributed by atoms with Crippen molar-refractivity contribution in [2.45, 2.75) is 0 Å². The lowest BCUT2D eigenvalue weighted by Crippen LogP contribution is -2.20. The van der Waals surface area contributed by atoms with E-state index >= 15 is 0 Å². The van der Waals surface area contributed by atoms with Crippen LogP contribution in [0.5, 0.6) is 5.75 Å². The average molecular weight is 450 g/mol. The Labute approximate surface area is 175 Å².